The van der Waals surface area contributed by atoms with Crippen molar-refractivity contribution in [3.63, 3.8) is 0 Å². The van der Waals surface area contributed by atoms with Gasteiger partial charge < -0.3 is 0 Å². The third-order valence-corrected chi connectivity index (χ3v) is 3.50. The van der Waals surface area contributed by atoms with E-state index in [1.807, 2.05) is 12.1 Å². The van der Waals surface area contributed by atoms with Gasteiger partial charge in [-0.2, -0.15) is 0 Å². The first kappa shape index (κ1) is 12.8. The molecule has 0 amide bonds. The summed E-state index contributed by atoms with van der Waals surface area (Å²) >= 11 is 0. The molecule has 18 heavy (non-hydrogen) atoms. The molecule has 1 heterocycles. The maximum atomic E-state index is 10.8. The van der Waals surface area contributed by atoms with Gasteiger partial charge in [-0.3, -0.25) is 15.0 Å². The molecular weight excluding hydrogens is 228 g/mol. The number of nitro groups is 1. The molecular formula is C14H18N2O2. The summed E-state index contributed by atoms with van der Waals surface area (Å²) in [5.74, 6) is 0. The van der Waals surface area contributed by atoms with Gasteiger partial charge in [0, 0.05) is 24.7 Å². The second kappa shape index (κ2) is 5.31. The highest BCUT2D eigenvalue weighted by atomic mass is 16.6. The molecule has 0 bridgehead atoms. The molecule has 1 aliphatic rings. The predicted molar refractivity (Wildman–Crippen MR) is 72.5 cm³/mol. The van der Waals surface area contributed by atoms with Crippen molar-refractivity contribution >= 4 is 11.3 Å². The van der Waals surface area contributed by atoms with E-state index in [9.17, 15) is 10.1 Å². The van der Waals surface area contributed by atoms with Crippen molar-refractivity contribution in [3.05, 3.63) is 45.5 Å². The smallest absolute Gasteiger partial charge is 0.272 e. The van der Waals surface area contributed by atoms with Crippen molar-refractivity contribution in [2.75, 3.05) is 19.6 Å². The van der Waals surface area contributed by atoms with Crippen LogP contribution in [0.4, 0.5) is 5.69 Å². The van der Waals surface area contributed by atoms with E-state index < -0.39 is 0 Å². The minimum atomic E-state index is -0.326. The average Bonchev–Trinajstić information content (AvgIpc) is 2.38. The number of likely N-dealkylation sites (N-methyl/N-ethyl adjacent to an activating group) is 1. The van der Waals surface area contributed by atoms with Gasteiger partial charge in [0.25, 0.3) is 5.69 Å². The highest BCUT2D eigenvalue weighted by Crippen LogP contribution is 2.26. The Labute approximate surface area is 107 Å². The fraction of sp³-hybridized carbons (Fsp3) is 0.429. The summed E-state index contributed by atoms with van der Waals surface area (Å²) in [7, 11) is 0. The molecule has 0 saturated heterocycles. The van der Waals surface area contributed by atoms with Crippen LogP contribution in [0.3, 0.4) is 0 Å². The van der Waals surface area contributed by atoms with Crippen LogP contribution in [-0.2, 0) is 0 Å². The average molecular weight is 246 g/mol. The van der Waals surface area contributed by atoms with Gasteiger partial charge in [-0.05, 0) is 43.2 Å². The molecule has 4 nitrogen and oxygen atoms in total. The van der Waals surface area contributed by atoms with E-state index in [1.54, 1.807) is 13.0 Å². The summed E-state index contributed by atoms with van der Waals surface area (Å²) in [6.45, 7) is 7.07. The molecule has 4 heteroatoms. The fourth-order valence-corrected chi connectivity index (χ4v) is 2.32. The van der Waals surface area contributed by atoms with E-state index in [0.29, 0.717) is 0 Å². The van der Waals surface area contributed by atoms with Crippen LogP contribution in [0.15, 0.2) is 24.3 Å². The lowest BCUT2D eigenvalue weighted by molar-refractivity contribution is -0.385. The number of aryl methyl sites for hydroxylation is 1. The lowest BCUT2D eigenvalue weighted by atomic mass is 9.97. The van der Waals surface area contributed by atoms with Crippen molar-refractivity contribution in [3.8, 4) is 0 Å². The van der Waals surface area contributed by atoms with E-state index in [-0.39, 0.29) is 10.6 Å². The molecule has 0 unspecified atom stereocenters. The summed E-state index contributed by atoms with van der Waals surface area (Å²) in [4.78, 5) is 12.8. The zero-order valence-corrected chi connectivity index (χ0v) is 10.8. The molecule has 0 N–H and O–H groups in total. The zero-order valence-electron chi connectivity index (χ0n) is 10.8. The normalized spacial score (nSPS) is 16.4. The second-order valence-electron chi connectivity index (χ2n) is 4.63. The van der Waals surface area contributed by atoms with E-state index in [1.165, 1.54) is 5.57 Å². The molecule has 0 spiro atoms. The van der Waals surface area contributed by atoms with Crippen molar-refractivity contribution in [2.24, 2.45) is 0 Å². The van der Waals surface area contributed by atoms with Gasteiger partial charge in [0.2, 0.25) is 0 Å². The largest absolute Gasteiger partial charge is 0.300 e. The molecule has 96 valence electrons. The SMILES string of the molecule is CCN1CC=C(c2ccc([N+](=O)[O-])c(C)c2)CC1. The quantitative estimate of drug-likeness (QED) is 0.608. The van der Waals surface area contributed by atoms with Crippen LogP contribution in [0.2, 0.25) is 0 Å². The monoisotopic (exact) mass is 246 g/mol. The van der Waals surface area contributed by atoms with Gasteiger partial charge in [0.15, 0.2) is 0 Å². The van der Waals surface area contributed by atoms with Crippen molar-refractivity contribution < 1.29 is 4.92 Å². The van der Waals surface area contributed by atoms with E-state index in [4.69, 9.17) is 0 Å². The van der Waals surface area contributed by atoms with Crippen molar-refractivity contribution in [1.29, 1.82) is 0 Å². The van der Waals surface area contributed by atoms with Crippen LogP contribution < -0.4 is 0 Å². The summed E-state index contributed by atoms with van der Waals surface area (Å²) in [6, 6.07) is 5.39. The summed E-state index contributed by atoms with van der Waals surface area (Å²) < 4.78 is 0. The number of rotatable bonds is 3. The Balaban J connectivity index is 2.23. The van der Waals surface area contributed by atoms with E-state index in [2.05, 4.69) is 17.9 Å². The minimum Gasteiger partial charge on any atom is -0.300 e. The van der Waals surface area contributed by atoms with Crippen LogP contribution >= 0.6 is 0 Å². The summed E-state index contributed by atoms with van der Waals surface area (Å²) in [5.41, 5.74) is 3.35. The van der Waals surface area contributed by atoms with E-state index >= 15 is 0 Å². The summed E-state index contributed by atoms with van der Waals surface area (Å²) in [6.07, 6.45) is 3.25. The molecule has 0 aromatic heterocycles. The Bertz CT molecular complexity index is 495. The van der Waals surface area contributed by atoms with Gasteiger partial charge in [0.05, 0.1) is 4.92 Å². The maximum absolute atomic E-state index is 10.8. The summed E-state index contributed by atoms with van der Waals surface area (Å²) in [5, 5.41) is 10.8. The first-order valence-corrected chi connectivity index (χ1v) is 6.28. The molecule has 0 atom stereocenters. The lowest BCUT2D eigenvalue weighted by Gasteiger charge is -2.25. The standard InChI is InChI=1S/C14H18N2O2/c1-3-15-8-6-12(7-9-15)13-4-5-14(16(17)18)11(2)10-13/h4-6,10H,3,7-9H2,1-2H3. The second-order valence-corrected chi connectivity index (χ2v) is 4.63. The highest BCUT2D eigenvalue weighted by molar-refractivity contribution is 5.68. The molecule has 0 saturated carbocycles. The Kier molecular flexibility index (Phi) is 3.77. The van der Waals surface area contributed by atoms with Gasteiger partial charge in [0.1, 0.15) is 0 Å². The topological polar surface area (TPSA) is 46.4 Å². The predicted octanol–water partition coefficient (Wildman–Crippen LogP) is 3.01. The number of hydrogen-bond donors (Lipinski definition) is 0. The van der Waals surface area contributed by atoms with E-state index in [0.717, 1.165) is 37.2 Å². The van der Waals surface area contributed by atoms with Gasteiger partial charge in [-0.25, -0.2) is 0 Å². The molecule has 0 radical (unpaired) electrons. The first-order valence-electron chi connectivity index (χ1n) is 6.28. The van der Waals surface area contributed by atoms with Gasteiger partial charge >= 0.3 is 0 Å². The molecule has 2 rings (SSSR count). The minimum absolute atomic E-state index is 0.199. The third-order valence-electron chi connectivity index (χ3n) is 3.50. The Morgan fingerprint density at radius 1 is 1.44 bits per heavy atom. The fourth-order valence-electron chi connectivity index (χ4n) is 2.32. The number of nitro benzene ring substituents is 1. The van der Waals surface area contributed by atoms with Gasteiger partial charge in [-0.15, -0.1) is 0 Å². The molecule has 1 aromatic carbocycles. The first-order chi connectivity index (χ1) is 8.61. The number of benzene rings is 1. The third kappa shape index (κ3) is 2.59. The highest BCUT2D eigenvalue weighted by Gasteiger charge is 2.14. The Morgan fingerprint density at radius 3 is 2.72 bits per heavy atom. The molecule has 1 aromatic rings. The van der Waals surface area contributed by atoms with Gasteiger partial charge in [-0.1, -0.05) is 13.0 Å². The lowest BCUT2D eigenvalue weighted by Crippen LogP contribution is -2.28. The van der Waals surface area contributed by atoms with Crippen LogP contribution in [0, 0.1) is 17.0 Å². The van der Waals surface area contributed by atoms with Crippen LogP contribution in [0.1, 0.15) is 24.5 Å². The Hall–Kier alpha value is -1.68. The van der Waals surface area contributed by atoms with Crippen LogP contribution in [0.5, 0.6) is 0 Å². The Morgan fingerprint density at radius 2 is 2.22 bits per heavy atom. The number of hydrogen-bond acceptors (Lipinski definition) is 3. The molecule has 1 aliphatic heterocycles. The van der Waals surface area contributed by atoms with Crippen molar-refractivity contribution in [2.45, 2.75) is 20.3 Å². The number of nitrogens with zero attached hydrogens (tertiary/aromatic N) is 2. The van der Waals surface area contributed by atoms with Crippen LogP contribution in [0.25, 0.3) is 5.57 Å². The van der Waals surface area contributed by atoms with Crippen LogP contribution in [-0.4, -0.2) is 29.5 Å². The zero-order chi connectivity index (χ0) is 13.1. The maximum Gasteiger partial charge on any atom is 0.272 e. The molecule has 0 fully saturated rings. The molecule has 0 aliphatic carbocycles. The van der Waals surface area contributed by atoms with Crippen molar-refractivity contribution in [1.82, 2.24) is 4.90 Å².